The van der Waals surface area contributed by atoms with Gasteiger partial charge >= 0.3 is 5.69 Å². The Kier molecular flexibility index (Phi) is 5.08. The highest BCUT2D eigenvalue weighted by Gasteiger charge is 2.30. The second kappa shape index (κ2) is 7.43. The Labute approximate surface area is 145 Å². The van der Waals surface area contributed by atoms with Gasteiger partial charge in [-0.3, -0.25) is 10.1 Å². The van der Waals surface area contributed by atoms with E-state index in [-0.39, 0.29) is 24.7 Å². The average molecular weight is 343 g/mol. The minimum absolute atomic E-state index is 0.0142. The van der Waals surface area contributed by atoms with Gasteiger partial charge in [0.25, 0.3) is 5.88 Å². The largest absolute Gasteiger partial charge is 0.471 e. The zero-order chi connectivity index (χ0) is 17.8. The van der Waals surface area contributed by atoms with E-state index in [9.17, 15) is 10.1 Å². The Hall–Kier alpha value is -2.74. The third kappa shape index (κ3) is 3.69. The molecule has 25 heavy (non-hydrogen) atoms. The highest BCUT2D eigenvalue weighted by atomic mass is 16.6. The van der Waals surface area contributed by atoms with E-state index < -0.39 is 4.92 Å². The normalized spacial score (nSPS) is 13.9. The van der Waals surface area contributed by atoms with Crippen LogP contribution in [0.25, 0.3) is 0 Å². The van der Waals surface area contributed by atoms with E-state index in [1.54, 1.807) is 6.92 Å². The number of hydrogen-bond donors (Lipinski definition) is 1. The monoisotopic (exact) mass is 343 g/mol. The molecular formula is C17H21N5O3. The Morgan fingerprint density at radius 2 is 1.88 bits per heavy atom. The lowest BCUT2D eigenvalue weighted by molar-refractivity contribution is -0.385. The maximum Gasteiger partial charge on any atom is 0.372 e. The third-order valence-corrected chi connectivity index (χ3v) is 4.20. The van der Waals surface area contributed by atoms with Crippen LogP contribution in [0.4, 0.5) is 11.5 Å². The van der Waals surface area contributed by atoms with Crippen molar-refractivity contribution < 1.29 is 9.66 Å². The van der Waals surface area contributed by atoms with Crippen molar-refractivity contribution in [2.45, 2.75) is 19.8 Å². The molecular weight excluding hydrogens is 322 g/mol. The first-order chi connectivity index (χ1) is 12.1. The summed E-state index contributed by atoms with van der Waals surface area (Å²) in [4.78, 5) is 21.6. The quantitative estimate of drug-likeness (QED) is 0.649. The lowest BCUT2D eigenvalue weighted by atomic mass is 10.0. The van der Waals surface area contributed by atoms with E-state index in [0.717, 1.165) is 12.8 Å². The van der Waals surface area contributed by atoms with Gasteiger partial charge in [-0.25, -0.2) is 4.98 Å². The SMILES string of the molecule is Cc1nc(OCCN)c([N+](=O)[O-])c(N2CCc3ccccc3CC2)n1. The number of aryl methyl sites for hydroxylation is 1. The molecule has 8 heteroatoms. The summed E-state index contributed by atoms with van der Waals surface area (Å²) in [6.45, 7) is 3.45. The van der Waals surface area contributed by atoms with Crippen molar-refractivity contribution in [3.63, 3.8) is 0 Å². The number of fused-ring (bicyclic) bond motifs is 1. The molecule has 0 amide bonds. The molecule has 1 aromatic heterocycles. The number of rotatable bonds is 5. The number of nitro groups is 1. The molecule has 2 N–H and O–H groups in total. The van der Waals surface area contributed by atoms with Crippen LogP contribution < -0.4 is 15.4 Å². The third-order valence-electron chi connectivity index (χ3n) is 4.20. The van der Waals surface area contributed by atoms with Crippen LogP contribution >= 0.6 is 0 Å². The van der Waals surface area contributed by atoms with Gasteiger partial charge < -0.3 is 15.4 Å². The van der Waals surface area contributed by atoms with Crippen LogP contribution in [0.5, 0.6) is 5.88 Å². The predicted molar refractivity (Wildman–Crippen MR) is 94.0 cm³/mol. The minimum Gasteiger partial charge on any atom is -0.471 e. The number of nitrogens with zero attached hydrogens (tertiary/aromatic N) is 4. The summed E-state index contributed by atoms with van der Waals surface area (Å²) in [5, 5.41) is 11.7. The van der Waals surface area contributed by atoms with Gasteiger partial charge in [0.1, 0.15) is 12.4 Å². The zero-order valence-electron chi connectivity index (χ0n) is 14.1. The molecule has 0 aliphatic carbocycles. The molecule has 2 aromatic rings. The van der Waals surface area contributed by atoms with Crippen LogP contribution in [0.15, 0.2) is 24.3 Å². The first-order valence-corrected chi connectivity index (χ1v) is 8.27. The first-order valence-electron chi connectivity index (χ1n) is 8.27. The Morgan fingerprint density at radius 1 is 1.24 bits per heavy atom. The molecule has 1 aromatic carbocycles. The van der Waals surface area contributed by atoms with E-state index in [1.807, 2.05) is 17.0 Å². The molecule has 0 bridgehead atoms. The molecule has 0 fully saturated rings. The van der Waals surface area contributed by atoms with Gasteiger partial charge in [0.15, 0.2) is 0 Å². The number of nitrogens with two attached hydrogens (primary N) is 1. The van der Waals surface area contributed by atoms with Crippen molar-refractivity contribution in [2.24, 2.45) is 5.73 Å². The highest BCUT2D eigenvalue weighted by molar-refractivity contribution is 5.63. The number of aromatic nitrogens is 2. The number of benzene rings is 1. The standard InChI is InChI=1S/C17H21N5O3/c1-12-19-16(15(22(23)24)17(20-12)25-11-8-18)21-9-6-13-4-2-3-5-14(13)7-10-21/h2-5H,6-11,18H2,1H3. The first kappa shape index (κ1) is 17.1. The van der Waals surface area contributed by atoms with Crippen molar-refractivity contribution in [1.29, 1.82) is 0 Å². The minimum atomic E-state index is -0.474. The number of hydrogen-bond acceptors (Lipinski definition) is 7. The summed E-state index contributed by atoms with van der Waals surface area (Å²) in [7, 11) is 0. The molecule has 1 aliphatic rings. The molecule has 0 radical (unpaired) electrons. The summed E-state index contributed by atoms with van der Waals surface area (Å²) < 4.78 is 5.41. The lowest BCUT2D eigenvalue weighted by Crippen LogP contribution is -2.28. The van der Waals surface area contributed by atoms with Gasteiger partial charge in [-0.1, -0.05) is 24.3 Å². The Bertz CT molecular complexity index is 754. The summed E-state index contributed by atoms with van der Waals surface area (Å²) >= 11 is 0. The summed E-state index contributed by atoms with van der Waals surface area (Å²) in [6.07, 6.45) is 1.63. The van der Waals surface area contributed by atoms with E-state index >= 15 is 0 Å². The van der Waals surface area contributed by atoms with Crippen LogP contribution in [-0.4, -0.2) is 41.1 Å². The molecule has 0 spiro atoms. The van der Waals surface area contributed by atoms with Crippen molar-refractivity contribution in [3.05, 3.63) is 51.3 Å². The van der Waals surface area contributed by atoms with Crippen LogP contribution in [0.1, 0.15) is 17.0 Å². The van der Waals surface area contributed by atoms with Crippen LogP contribution in [0.3, 0.4) is 0 Å². The second-order valence-electron chi connectivity index (χ2n) is 5.90. The van der Waals surface area contributed by atoms with Crippen molar-refractivity contribution in [2.75, 3.05) is 31.1 Å². The second-order valence-corrected chi connectivity index (χ2v) is 5.90. The fourth-order valence-corrected chi connectivity index (χ4v) is 3.04. The van der Waals surface area contributed by atoms with Gasteiger partial charge in [0.2, 0.25) is 5.82 Å². The lowest BCUT2D eigenvalue weighted by Gasteiger charge is -2.22. The Morgan fingerprint density at radius 3 is 2.44 bits per heavy atom. The van der Waals surface area contributed by atoms with Gasteiger partial charge in [-0.2, -0.15) is 4.98 Å². The van der Waals surface area contributed by atoms with E-state index in [1.165, 1.54) is 11.1 Å². The van der Waals surface area contributed by atoms with Gasteiger partial charge in [-0.05, 0) is 30.9 Å². The number of anilines is 1. The van der Waals surface area contributed by atoms with Gasteiger partial charge in [0.05, 0.1) is 4.92 Å². The van der Waals surface area contributed by atoms with E-state index in [0.29, 0.717) is 24.7 Å². The molecule has 0 unspecified atom stereocenters. The topological polar surface area (TPSA) is 107 Å². The molecule has 8 nitrogen and oxygen atoms in total. The maximum atomic E-state index is 11.7. The van der Waals surface area contributed by atoms with Gasteiger partial charge in [-0.15, -0.1) is 0 Å². The molecule has 0 saturated carbocycles. The molecule has 1 aliphatic heterocycles. The zero-order valence-corrected chi connectivity index (χ0v) is 14.1. The fraction of sp³-hybridized carbons (Fsp3) is 0.412. The van der Waals surface area contributed by atoms with Crippen LogP contribution in [0.2, 0.25) is 0 Å². The predicted octanol–water partition coefficient (Wildman–Crippen LogP) is 1.64. The Balaban J connectivity index is 1.96. The summed E-state index contributed by atoms with van der Waals surface area (Å²) in [6, 6.07) is 8.25. The average Bonchev–Trinajstić information content (AvgIpc) is 2.81. The van der Waals surface area contributed by atoms with E-state index in [2.05, 4.69) is 22.1 Å². The van der Waals surface area contributed by atoms with Crippen LogP contribution in [-0.2, 0) is 12.8 Å². The van der Waals surface area contributed by atoms with Crippen molar-refractivity contribution >= 4 is 11.5 Å². The smallest absolute Gasteiger partial charge is 0.372 e. The van der Waals surface area contributed by atoms with Crippen molar-refractivity contribution in [3.8, 4) is 5.88 Å². The molecule has 2 heterocycles. The summed E-state index contributed by atoms with van der Waals surface area (Å²) in [5.41, 5.74) is 7.80. The van der Waals surface area contributed by atoms with E-state index in [4.69, 9.17) is 10.5 Å². The highest BCUT2D eigenvalue weighted by Crippen LogP contribution is 2.35. The summed E-state index contributed by atoms with van der Waals surface area (Å²) in [5.74, 6) is 0.742. The van der Waals surface area contributed by atoms with Gasteiger partial charge in [0, 0.05) is 19.6 Å². The maximum absolute atomic E-state index is 11.7. The molecule has 132 valence electrons. The fourth-order valence-electron chi connectivity index (χ4n) is 3.04. The number of ether oxygens (including phenoxy) is 1. The molecule has 3 rings (SSSR count). The molecule has 0 saturated heterocycles. The van der Waals surface area contributed by atoms with Crippen LogP contribution in [0, 0.1) is 17.0 Å². The molecule has 0 atom stereocenters. The van der Waals surface area contributed by atoms with Crippen molar-refractivity contribution in [1.82, 2.24) is 9.97 Å².